The number of benzene rings is 2. The van der Waals surface area contributed by atoms with Crippen LogP contribution >= 0.6 is 12.6 Å². The zero-order valence-electron chi connectivity index (χ0n) is 15.3. The number of hydrogen-bond acceptors (Lipinski definition) is 3. The Kier molecular flexibility index (Phi) is 6.07. The van der Waals surface area contributed by atoms with E-state index in [0.29, 0.717) is 12.2 Å². The van der Waals surface area contributed by atoms with E-state index in [-0.39, 0.29) is 17.8 Å². The highest BCUT2D eigenvalue weighted by molar-refractivity contribution is 7.80. The van der Waals surface area contributed by atoms with Gasteiger partial charge in [0.15, 0.2) is 0 Å². The fourth-order valence-electron chi connectivity index (χ4n) is 3.43. The van der Waals surface area contributed by atoms with Crippen molar-refractivity contribution in [1.29, 1.82) is 0 Å². The average molecular weight is 410 g/mol. The van der Waals surface area contributed by atoms with Crippen LogP contribution < -0.4 is 10.1 Å². The zero-order valence-corrected chi connectivity index (χ0v) is 16.2. The predicted molar refractivity (Wildman–Crippen MR) is 104 cm³/mol. The van der Waals surface area contributed by atoms with Crippen LogP contribution in [-0.2, 0) is 12.8 Å². The molecule has 2 aromatic carbocycles. The fourth-order valence-corrected chi connectivity index (χ4v) is 3.66. The number of hydrogen-bond donors (Lipinski definition) is 2. The number of carbonyl (C=O) groups excluding carboxylic acids is 1. The summed E-state index contributed by atoms with van der Waals surface area (Å²) in [6.07, 6.45) is -2.41. The highest BCUT2D eigenvalue weighted by atomic mass is 32.1. The van der Waals surface area contributed by atoms with Crippen LogP contribution in [0.4, 0.5) is 23.7 Å². The zero-order chi connectivity index (χ0) is 20.3. The Morgan fingerprint density at radius 3 is 2.50 bits per heavy atom. The molecule has 2 aromatic rings. The summed E-state index contributed by atoms with van der Waals surface area (Å²) in [6, 6.07) is 10.9. The van der Waals surface area contributed by atoms with Gasteiger partial charge >= 0.3 is 12.4 Å². The van der Waals surface area contributed by atoms with E-state index in [1.54, 1.807) is 4.90 Å². The summed E-state index contributed by atoms with van der Waals surface area (Å²) in [6.45, 7) is 2.59. The molecule has 0 heterocycles. The number of halogens is 3. The van der Waals surface area contributed by atoms with Crippen LogP contribution in [0.1, 0.15) is 24.5 Å². The standard InChI is InChI=1S/C20H21F3N2O2S/c1-2-9-25(16-10-13-3-8-18(28)12-14(13)11-16)19(26)24-15-4-6-17(7-5-15)27-20(21,22)23/h3-8,12,16,28H,2,9-11H2,1H3,(H,24,26). The Hall–Kier alpha value is -2.35. The van der Waals surface area contributed by atoms with Crippen molar-refractivity contribution in [1.82, 2.24) is 4.90 Å². The first-order valence-corrected chi connectivity index (χ1v) is 9.44. The number of carbonyl (C=O) groups is 1. The van der Waals surface area contributed by atoms with Gasteiger partial charge in [-0.05, 0) is 66.8 Å². The topological polar surface area (TPSA) is 41.6 Å². The molecule has 3 rings (SSSR count). The summed E-state index contributed by atoms with van der Waals surface area (Å²) in [4.78, 5) is 15.5. The Bertz CT molecular complexity index is 840. The largest absolute Gasteiger partial charge is 0.573 e. The van der Waals surface area contributed by atoms with Crippen LogP contribution in [0.25, 0.3) is 0 Å². The first-order valence-electron chi connectivity index (χ1n) is 8.99. The molecule has 0 radical (unpaired) electrons. The molecule has 0 bridgehead atoms. The van der Waals surface area contributed by atoms with Crippen molar-refractivity contribution in [3.63, 3.8) is 0 Å². The van der Waals surface area contributed by atoms with E-state index < -0.39 is 6.36 Å². The van der Waals surface area contributed by atoms with Crippen LogP contribution in [0, 0.1) is 0 Å². The molecule has 0 aliphatic heterocycles. The smallest absolute Gasteiger partial charge is 0.406 e. The third kappa shape index (κ3) is 5.13. The maximum atomic E-state index is 12.8. The summed E-state index contributed by atoms with van der Waals surface area (Å²) in [5.41, 5.74) is 2.82. The number of anilines is 1. The van der Waals surface area contributed by atoms with Gasteiger partial charge in [0.1, 0.15) is 5.75 Å². The quantitative estimate of drug-likeness (QED) is 0.658. The molecule has 1 aliphatic carbocycles. The van der Waals surface area contributed by atoms with Gasteiger partial charge < -0.3 is 15.0 Å². The van der Waals surface area contributed by atoms with E-state index in [2.05, 4.69) is 22.7 Å². The average Bonchev–Trinajstić information content (AvgIpc) is 3.02. The van der Waals surface area contributed by atoms with Gasteiger partial charge in [-0.2, -0.15) is 0 Å². The summed E-state index contributed by atoms with van der Waals surface area (Å²) in [5.74, 6) is -0.329. The molecule has 4 nitrogen and oxygen atoms in total. The van der Waals surface area contributed by atoms with Gasteiger partial charge in [-0.3, -0.25) is 0 Å². The third-order valence-electron chi connectivity index (χ3n) is 4.61. The minimum absolute atomic E-state index is 0.0397. The first-order chi connectivity index (χ1) is 13.2. The van der Waals surface area contributed by atoms with Gasteiger partial charge in [0.25, 0.3) is 0 Å². The molecule has 0 spiro atoms. The molecule has 0 aromatic heterocycles. The van der Waals surface area contributed by atoms with Gasteiger partial charge in [-0.1, -0.05) is 13.0 Å². The molecule has 0 saturated heterocycles. The van der Waals surface area contributed by atoms with Crippen LogP contribution in [0.2, 0.25) is 0 Å². The SMILES string of the molecule is CCCN(C(=O)Nc1ccc(OC(F)(F)F)cc1)C1Cc2ccc(S)cc2C1. The predicted octanol–water partition coefficient (Wildman–Crippen LogP) is 5.29. The second-order valence-corrected chi connectivity index (χ2v) is 7.23. The van der Waals surface area contributed by atoms with Crippen molar-refractivity contribution >= 4 is 24.3 Å². The number of nitrogens with zero attached hydrogens (tertiary/aromatic N) is 1. The van der Waals surface area contributed by atoms with Gasteiger partial charge in [-0.15, -0.1) is 25.8 Å². The summed E-state index contributed by atoms with van der Waals surface area (Å²) in [7, 11) is 0. The Morgan fingerprint density at radius 2 is 1.86 bits per heavy atom. The van der Waals surface area contributed by atoms with E-state index in [1.807, 2.05) is 25.1 Å². The van der Waals surface area contributed by atoms with E-state index in [0.717, 1.165) is 24.2 Å². The van der Waals surface area contributed by atoms with Crippen LogP contribution in [-0.4, -0.2) is 29.9 Å². The molecule has 28 heavy (non-hydrogen) atoms. The molecule has 150 valence electrons. The first kappa shape index (κ1) is 20.4. The maximum Gasteiger partial charge on any atom is 0.573 e. The Morgan fingerprint density at radius 1 is 1.18 bits per heavy atom. The fraction of sp³-hybridized carbons (Fsp3) is 0.350. The van der Waals surface area contributed by atoms with Crippen LogP contribution in [0.3, 0.4) is 0 Å². The molecule has 0 fully saturated rings. The Balaban J connectivity index is 1.67. The molecule has 1 unspecified atom stereocenters. The summed E-state index contributed by atoms with van der Waals surface area (Å²) >= 11 is 4.37. The number of thiol groups is 1. The number of urea groups is 1. The number of alkyl halides is 3. The minimum Gasteiger partial charge on any atom is -0.406 e. The second-order valence-electron chi connectivity index (χ2n) is 6.71. The van der Waals surface area contributed by atoms with E-state index in [4.69, 9.17) is 0 Å². The highest BCUT2D eigenvalue weighted by Gasteiger charge is 2.31. The van der Waals surface area contributed by atoms with Crippen molar-refractivity contribution in [3.8, 4) is 5.75 Å². The van der Waals surface area contributed by atoms with Crippen molar-refractivity contribution in [2.75, 3.05) is 11.9 Å². The van der Waals surface area contributed by atoms with Crippen molar-refractivity contribution < 1.29 is 22.7 Å². The lowest BCUT2D eigenvalue weighted by atomic mass is 10.1. The van der Waals surface area contributed by atoms with Crippen molar-refractivity contribution in [2.24, 2.45) is 0 Å². The van der Waals surface area contributed by atoms with Crippen molar-refractivity contribution in [2.45, 2.75) is 43.5 Å². The molecule has 2 amide bonds. The van der Waals surface area contributed by atoms with Crippen molar-refractivity contribution in [3.05, 3.63) is 53.6 Å². The van der Waals surface area contributed by atoms with Gasteiger partial charge in [0.05, 0.1) is 0 Å². The lowest BCUT2D eigenvalue weighted by molar-refractivity contribution is -0.274. The lowest BCUT2D eigenvalue weighted by Crippen LogP contribution is -2.43. The van der Waals surface area contributed by atoms with Crippen LogP contribution in [0.5, 0.6) is 5.75 Å². The minimum atomic E-state index is -4.74. The molecule has 1 N–H and O–H groups in total. The number of amides is 2. The Labute approximate surface area is 167 Å². The number of rotatable bonds is 5. The number of nitrogens with one attached hydrogen (secondary N) is 1. The van der Waals surface area contributed by atoms with Gasteiger partial charge in [0.2, 0.25) is 0 Å². The maximum absolute atomic E-state index is 12.8. The van der Waals surface area contributed by atoms with Gasteiger partial charge in [-0.25, -0.2) is 4.79 Å². The second kappa shape index (κ2) is 8.34. The van der Waals surface area contributed by atoms with Crippen LogP contribution in [0.15, 0.2) is 47.4 Å². The number of fused-ring (bicyclic) bond motifs is 1. The third-order valence-corrected chi connectivity index (χ3v) is 4.88. The molecule has 1 aliphatic rings. The highest BCUT2D eigenvalue weighted by Crippen LogP contribution is 2.29. The van der Waals surface area contributed by atoms with E-state index in [1.165, 1.54) is 35.4 Å². The van der Waals surface area contributed by atoms with Gasteiger partial charge in [0, 0.05) is 23.2 Å². The normalized spacial score (nSPS) is 15.8. The van der Waals surface area contributed by atoms with E-state index >= 15 is 0 Å². The summed E-state index contributed by atoms with van der Waals surface area (Å²) < 4.78 is 40.6. The molecule has 1 atom stereocenters. The van der Waals surface area contributed by atoms with E-state index in [9.17, 15) is 18.0 Å². The molecular formula is C20H21F3N2O2S. The number of ether oxygens (including phenoxy) is 1. The molecule has 8 heteroatoms. The summed E-state index contributed by atoms with van der Waals surface area (Å²) in [5, 5.41) is 2.77. The monoisotopic (exact) mass is 410 g/mol. The molecule has 0 saturated carbocycles. The molecular weight excluding hydrogens is 389 g/mol. The lowest BCUT2D eigenvalue weighted by Gasteiger charge is -2.29.